The maximum absolute atomic E-state index is 14.8. The number of carbonyl (C=O) groups excluding carboxylic acids is 3. The van der Waals surface area contributed by atoms with Gasteiger partial charge in [-0.3, -0.25) is 9.59 Å². The van der Waals surface area contributed by atoms with Gasteiger partial charge in [0.2, 0.25) is 5.91 Å². The molecule has 9 heteroatoms. The Labute approximate surface area is 265 Å². The van der Waals surface area contributed by atoms with E-state index in [0.29, 0.717) is 22.7 Å². The number of anilines is 1. The SMILES string of the molecule is CCC(C)(C)N(C(=O)C(Cc1ccccc1)NC(=O)OC(C)(C)C)C(C(=O)Nc1c(C)cccc1Cl)c1cccc(C)c1O. The van der Waals surface area contributed by atoms with Crippen LogP contribution in [-0.2, 0) is 20.7 Å². The van der Waals surface area contributed by atoms with E-state index >= 15 is 0 Å². The number of phenols is 1. The van der Waals surface area contributed by atoms with Crippen molar-refractivity contribution in [3.05, 3.63) is 94.0 Å². The molecule has 0 heterocycles. The Balaban J connectivity index is 2.21. The summed E-state index contributed by atoms with van der Waals surface area (Å²) in [6.45, 7) is 14.4. The molecule has 0 radical (unpaired) electrons. The van der Waals surface area contributed by atoms with Gasteiger partial charge < -0.3 is 25.4 Å². The minimum absolute atomic E-state index is 0.104. The number of para-hydroxylation sites is 2. The molecule has 0 fully saturated rings. The van der Waals surface area contributed by atoms with Crippen molar-refractivity contribution >= 4 is 35.2 Å². The lowest BCUT2D eigenvalue weighted by Gasteiger charge is -2.44. The molecule has 3 aromatic carbocycles. The maximum Gasteiger partial charge on any atom is 0.408 e. The second-order valence-electron chi connectivity index (χ2n) is 12.6. The molecule has 0 spiro atoms. The van der Waals surface area contributed by atoms with E-state index in [-0.39, 0.29) is 17.7 Å². The van der Waals surface area contributed by atoms with Crippen molar-refractivity contribution in [1.29, 1.82) is 0 Å². The van der Waals surface area contributed by atoms with Gasteiger partial charge in [0, 0.05) is 17.5 Å². The first-order valence-corrected chi connectivity index (χ1v) is 15.1. The number of hydrogen-bond acceptors (Lipinski definition) is 5. The van der Waals surface area contributed by atoms with Crippen LogP contribution in [0, 0.1) is 13.8 Å². The highest BCUT2D eigenvalue weighted by atomic mass is 35.5. The fourth-order valence-electron chi connectivity index (χ4n) is 4.89. The Hall–Kier alpha value is -4.04. The molecular weight excluding hydrogens is 578 g/mol. The van der Waals surface area contributed by atoms with Crippen molar-refractivity contribution in [2.24, 2.45) is 0 Å². The highest BCUT2D eigenvalue weighted by Gasteiger charge is 2.44. The summed E-state index contributed by atoms with van der Waals surface area (Å²) in [6, 6.07) is 17.3. The van der Waals surface area contributed by atoms with Gasteiger partial charge in [-0.05, 0) is 77.6 Å². The van der Waals surface area contributed by atoms with Crippen LogP contribution >= 0.6 is 11.6 Å². The van der Waals surface area contributed by atoms with E-state index in [1.165, 1.54) is 4.90 Å². The Morgan fingerprint density at radius 1 is 0.909 bits per heavy atom. The highest BCUT2D eigenvalue weighted by molar-refractivity contribution is 6.34. The second-order valence-corrected chi connectivity index (χ2v) is 13.0. The summed E-state index contributed by atoms with van der Waals surface area (Å²) >= 11 is 6.48. The molecule has 2 unspecified atom stereocenters. The van der Waals surface area contributed by atoms with E-state index < -0.39 is 41.1 Å². The zero-order valence-corrected chi connectivity index (χ0v) is 27.6. The molecule has 3 amide bonds. The summed E-state index contributed by atoms with van der Waals surface area (Å²) in [7, 11) is 0. The van der Waals surface area contributed by atoms with Crippen LogP contribution in [0.4, 0.5) is 10.5 Å². The molecule has 2 atom stereocenters. The van der Waals surface area contributed by atoms with Crippen LogP contribution in [0.3, 0.4) is 0 Å². The molecule has 0 bridgehead atoms. The minimum atomic E-state index is -1.29. The first-order chi connectivity index (χ1) is 20.6. The number of aryl methyl sites for hydroxylation is 2. The van der Waals surface area contributed by atoms with Gasteiger partial charge >= 0.3 is 6.09 Å². The Morgan fingerprint density at radius 3 is 2.11 bits per heavy atom. The molecule has 236 valence electrons. The van der Waals surface area contributed by atoms with Crippen LogP contribution in [0.1, 0.15) is 76.3 Å². The summed E-state index contributed by atoms with van der Waals surface area (Å²) in [5.41, 5.74) is 1.04. The van der Waals surface area contributed by atoms with Crippen molar-refractivity contribution in [3.63, 3.8) is 0 Å². The number of amides is 3. The number of carbonyl (C=O) groups is 3. The van der Waals surface area contributed by atoms with Gasteiger partial charge in [0.1, 0.15) is 23.4 Å². The van der Waals surface area contributed by atoms with E-state index in [4.69, 9.17) is 16.3 Å². The molecule has 0 aliphatic heterocycles. The molecule has 3 N–H and O–H groups in total. The smallest absolute Gasteiger partial charge is 0.408 e. The maximum atomic E-state index is 14.8. The highest BCUT2D eigenvalue weighted by Crippen LogP contribution is 2.38. The van der Waals surface area contributed by atoms with Gasteiger partial charge in [-0.1, -0.05) is 79.2 Å². The summed E-state index contributed by atoms with van der Waals surface area (Å²) < 4.78 is 5.53. The first-order valence-electron chi connectivity index (χ1n) is 14.8. The summed E-state index contributed by atoms with van der Waals surface area (Å²) in [6.07, 6.45) is -0.148. The number of ether oxygens (including phenoxy) is 1. The number of halogens is 1. The van der Waals surface area contributed by atoms with Crippen molar-refractivity contribution in [2.75, 3.05) is 5.32 Å². The molecule has 8 nitrogen and oxygen atoms in total. The third-order valence-corrected chi connectivity index (χ3v) is 7.88. The number of alkyl carbamates (subject to hydrolysis) is 1. The third kappa shape index (κ3) is 8.53. The van der Waals surface area contributed by atoms with E-state index in [1.807, 2.05) is 64.1 Å². The number of phenolic OH excluding ortho intramolecular Hbond substituents is 1. The molecule has 44 heavy (non-hydrogen) atoms. The molecule has 0 saturated carbocycles. The fourth-order valence-corrected chi connectivity index (χ4v) is 5.16. The molecule has 3 rings (SSSR count). The van der Waals surface area contributed by atoms with Crippen LogP contribution in [0.25, 0.3) is 0 Å². The number of rotatable bonds is 10. The van der Waals surface area contributed by atoms with E-state index in [1.54, 1.807) is 58.0 Å². The zero-order chi connectivity index (χ0) is 32.8. The van der Waals surface area contributed by atoms with Crippen LogP contribution in [0.2, 0.25) is 5.02 Å². The van der Waals surface area contributed by atoms with E-state index in [2.05, 4.69) is 10.6 Å². The summed E-state index contributed by atoms with van der Waals surface area (Å²) in [5, 5.41) is 17.3. The zero-order valence-electron chi connectivity index (χ0n) is 26.8. The van der Waals surface area contributed by atoms with Crippen molar-refractivity contribution in [3.8, 4) is 5.75 Å². The number of hydrogen-bond donors (Lipinski definition) is 3. The minimum Gasteiger partial charge on any atom is -0.507 e. The van der Waals surface area contributed by atoms with Gasteiger partial charge in [0.15, 0.2) is 0 Å². The number of nitrogens with one attached hydrogen (secondary N) is 2. The molecule has 0 aromatic heterocycles. The van der Waals surface area contributed by atoms with E-state index in [0.717, 1.165) is 11.1 Å². The Kier molecular flexibility index (Phi) is 11.1. The molecular formula is C35H44ClN3O5. The van der Waals surface area contributed by atoms with Crippen molar-refractivity contribution in [1.82, 2.24) is 10.2 Å². The average molecular weight is 622 g/mol. The second kappa shape index (κ2) is 14.2. The van der Waals surface area contributed by atoms with Gasteiger partial charge in [-0.2, -0.15) is 0 Å². The first kappa shape index (κ1) is 34.5. The predicted octanol–water partition coefficient (Wildman–Crippen LogP) is 7.50. The molecule has 0 aliphatic carbocycles. The quantitative estimate of drug-likeness (QED) is 0.217. The van der Waals surface area contributed by atoms with Gasteiger partial charge in [0.25, 0.3) is 5.91 Å². The van der Waals surface area contributed by atoms with Crippen LogP contribution in [-0.4, -0.2) is 45.1 Å². The molecule has 3 aromatic rings. The normalized spacial score (nSPS) is 13.0. The number of nitrogens with zero attached hydrogens (tertiary/aromatic N) is 1. The van der Waals surface area contributed by atoms with Gasteiger partial charge in [0.05, 0.1) is 10.7 Å². The van der Waals surface area contributed by atoms with Gasteiger partial charge in [-0.15, -0.1) is 0 Å². The predicted molar refractivity (Wildman–Crippen MR) is 175 cm³/mol. The standard InChI is InChI=1S/C35H44ClN3O5/c1-9-35(7,8)39(32(42)27(21-24-17-11-10-12-18-24)37-33(43)44-34(4,5)6)29(25-19-13-16-23(3)30(25)40)31(41)38-28-22(2)15-14-20-26(28)36/h10-20,27,29,40H,9,21H2,1-8H3,(H,37,43)(H,38,41). The van der Waals surface area contributed by atoms with Crippen LogP contribution < -0.4 is 10.6 Å². The van der Waals surface area contributed by atoms with E-state index in [9.17, 15) is 19.5 Å². The monoisotopic (exact) mass is 621 g/mol. The summed E-state index contributed by atoms with van der Waals surface area (Å²) in [5.74, 6) is -1.18. The lowest BCUT2D eigenvalue weighted by atomic mass is 9.90. The molecule has 0 saturated heterocycles. The fraction of sp³-hybridized carbons (Fsp3) is 0.400. The topological polar surface area (TPSA) is 108 Å². The largest absolute Gasteiger partial charge is 0.507 e. The Morgan fingerprint density at radius 2 is 1.52 bits per heavy atom. The van der Waals surface area contributed by atoms with Gasteiger partial charge in [-0.25, -0.2) is 4.79 Å². The summed E-state index contributed by atoms with van der Waals surface area (Å²) in [4.78, 5) is 43.7. The average Bonchev–Trinajstić information content (AvgIpc) is 2.94. The number of benzene rings is 3. The third-order valence-electron chi connectivity index (χ3n) is 7.57. The lowest BCUT2D eigenvalue weighted by Crippen LogP contribution is -2.59. The van der Waals surface area contributed by atoms with Crippen LogP contribution in [0.15, 0.2) is 66.7 Å². The number of aromatic hydroxyl groups is 1. The van der Waals surface area contributed by atoms with Crippen molar-refractivity contribution in [2.45, 2.75) is 91.5 Å². The molecule has 0 aliphatic rings. The lowest BCUT2D eigenvalue weighted by molar-refractivity contribution is -0.147. The van der Waals surface area contributed by atoms with Crippen LogP contribution in [0.5, 0.6) is 5.75 Å². The van der Waals surface area contributed by atoms with Crippen molar-refractivity contribution < 1.29 is 24.2 Å². The Bertz CT molecular complexity index is 1460.